The molecule has 2 aliphatic rings. The molecule has 6 heteroatoms. The molecule has 2 fully saturated rings. The molecule has 0 unspecified atom stereocenters. The van der Waals surface area contributed by atoms with E-state index in [1.165, 1.54) is 4.90 Å². The molecule has 0 aliphatic carbocycles. The zero-order valence-corrected chi connectivity index (χ0v) is 18.5. The zero-order chi connectivity index (χ0) is 21.4. The number of rotatable bonds is 5. The summed E-state index contributed by atoms with van der Waals surface area (Å²) >= 11 is 0. The molecule has 0 aromatic heterocycles. The maximum absolute atomic E-state index is 13.1. The van der Waals surface area contributed by atoms with Crippen molar-refractivity contribution in [2.75, 3.05) is 6.61 Å². The lowest BCUT2D eigenvalue weighted by atomic mass is 9.82. The topological polar surface area (TPSA) is 59.1 Å². The van der Waals surface area contributed by atoms with E-state index in [1.54, 1.807) is 0 Å². The van der Waals surface area contributed by atoms with Gasteiger partial charge in [-0.15, -0.1) is 0 Å². The Balaban J connectivity index is 1.75. The number of piperidine rings is 1. The van der Waals surface area contributed by atoms with Crippen LogP contribution < -0.4 is 0 Å². The van der Waals surface area contributed by atoms with Crippen molar-refractivity contribution < 1.29 is 19.2 Å². The molecule has 29 heavy (non-hydrogen) atoms. The van der Waals surface area contributed by atoms with Gasteiger partial charge in [0.05, 0.1) is 6.04 Å². The van der Waals surface area contributed by atoms with E-state index in [0.717, 1.165) is 24.8 Å². The van der Waals surface area contributed by atoms with Crippen molar-refractivity contribution in [2.45, 2.75) is 89.9 Å². The number of carbonyl (C=O) groups is 2. The lowest BCUT2D eigenvalue weighted by Crippen LogP contribution is -2.59. The predicted molar refractivity (Wildman–Crippen MR) is 111 cm³/mol. The molecule has 2 saturated heterocycles. The molecule has 2 heterocycles. The van der Waals surface area contributed by atoms with Gasteiger partial charge in [0.1, 0.15) is 12.2 Å². The van der Waals surface area contributed by atoms with Gasteiger partial charge in [-0.25, -0.2) is 9.69 Å². The lowest BCUT2D eigenvalue weighted by Gasteiger charge is -2.51. The average molecular weight is 403 g/mol. The molecule has 3 rings (SSSR count). The molecular formula is C23H34N2O4. The third-order valence-electron chi connectivity index (χ3n) is 6.20. The second-order valence-corrected chi connectivity index (χ2v) is 9.99. The molecule has 6 nitrogen and oxygen atoms in total. The van der Waals surface area contributed by atoms with Gasteiger partial charge in [0, 0.05) is 11.1 Å². The van der Waals surface area contributed by atoms with Gasteiger partial charge in [0.2, 0.25) is 0 Å². The fourth-order valence-electron chi connectivity index (χ4n) is 4.75. The highest BCUT2D eigenvalue weighted by atomic mass is 16.7. The highest BCUT2D eigenvalue weighted by molar-refractivity contribution is 5.94. The number of cyclic esters (lactones) is 1. The molecule has 1 aromatic carbocycles. The van der Waals surface area contributed by atoms with Crippen molar-refractivity contribution in [2.24, 2.45) is 0 Å². The molecular weight excluding hydrogens is 368 g/mol. The number of benzene rings is 1. The first-order valence-corrected chi connectivity index (χ1v) is 10.5. The Labute approximate surface area is 174 Å². The van der Waals surface area contributed by atoms with E-state index in [0.29, 0.717) is 6.42 Å². The summed E-state index contributed by atoms with van der Waals surface area (Å²) in [5.41, 5.74) is -0.0421. The molecule has 160 valence electrons. The fourth-order valence-corrected chi connectivity index (χ4v) is 4.75. The van der Waals surface area contributed by atoms with Crippen molar-refractivity contribution in [3.05, 3.63) is 35.9 Å². The minimum Gasteiger partial charge on any atom is -0.441 e. The van der Waals surface area contributed by atoms with Gasteiger partial charge in [-0.3, -0.25) is 9.63 Å². The standard InChI is InChI=1S/C23H34N2O4/c1-21(2)13-10-14-22(3,4)25(21)28-16-19(26)24-18(23(5,6)29-20(24)27)15-17-11-8-7-9-12-17/h7-9,11-12,18H,10,13-16H2,1-6H3/t18-/m0/s1. The Kier molecular flexibility index (Phi) is 5.80. The Bertz CT molecular complexity index is 741. The van der Waals surface area contributed by atoms with Crippen LogP contribution in [0.5, 0.6) is 0 Å². The summed E-state index contributed by atoms with van der Waals surface area (Å²) < 4.78 is 5.54. The van der Waals surface area contributed by atoms with Gasteiger partial charge in [-0.1, -0.05) is 30.3 Å². The van der Waals surface area contributed by atoms with Crippen LogP contribution in [0, 0.1) is 0 Å². The number of hydroxylamine groups is 2. The van der Waals surface area contributed by atoms with Crippen LogP contribution in [0.3, 0.4) is 0 Å². The molecule has 0 radical (unpaired) electrons. The Morgan fingerprint density at radius 1 is 1.07 bits per heavy atom. The molecule has 0 spiro atoms. The van der Waals surface area contributed by atoms with E-state index in [1.807, 2.05) is 49.2 Å². The summed E-state index contributed by atoms with van der Waals surface area (Å²) in [4.78, 5) is 32.9. The Morgan fingerprint density at radius 3 is 2.24 bits per heavy atom. The van der Waals surface area contributed by atoms with Gasteiger partial charge in [-0.2, -0.15) is 5.06 Å². The molecule has 0 bridgehead atoms. The van der Waals surface area contributed by atoms with Crippen molar-refractivity contribution in [3.63, 3.8) is 0 Å². The SMILES string of the molecule is CC1(C)OC(=O)N(C(=O)CON2C(C)(C)CCCC2(C)C)[C@H]1Cc1ccccc1. The quantitative estimate of drug-likeness (QED) is 0.734. The van der Waals surface area contributed by atoms with Gasteiger partial charge >= 0.3 is 6.09 Å². The summed E-state index contributed by atoms with van der Waals surface area (Å²) in [5.74, 6) is -0.362. The smallest absolute Gasteiger partial charge is 0.417 e. The number of hydrogen-bond acceptors (Lipinski definition) is 5. The van der Waals surface area contributed by atoms with Gasteiger partial charge in [-0.05, 0) is 72.8 Å². The highest BCUT2D eigenvalue weighted by Crippen LogP contribution is 2.38. The molecule has 2 amide bonds. The van der Waals surface area contributed by atoms with Gasteiger partial charge in [0.15, 0.2) is 0 Å². The summed E-state index contributed by atoms with van der Waals surface area (Å²) in [6, 6.07) is 9.47. The number of amides is 2. The van der Waals surface area contributed by atoms with Crippen LogP contribution in [0.1, 0.15) is 66.4 Å². The van der Waals surface area contributed by atoms with Crippen molar-refractivity contribution in [3.8, 4) is 0 Å². The summed E-state index contributed by atoms with van der Waals surface area (Å²) in [6.45, 7) is 12.0. The van der Waals surface area contributed by atoms with Crippen molar-refractivity contribution in [1.29, 1.82) is 0 Å². The normalized spacial score (nSPS) is 25.7. The lowest BCUT2D eigenvalue weighted by molar-refractivity contribution is -0.277. The van der Waals surface area contributed by atoms with Crippen LogP contribution in [-0.4, -0.2) is 51.3 Å². The third kappa shape index (κ3) is 4.48. The van der Waals surface area contributed by atoms with E-state index in [4.69, 9.17) is 9.57 Å². The summed E-state index contributed by atoms with van der Waals surface area (Å²) in [5, 5.41) is 1.94. The number of nitrogens with zero attached hydrogens (tertiary/aromatic N) is 2. The highest BCUT2D eigenvalue weighted by Gasteiger charge is 2.51. The summed E-state index contributed by atoms with van der Waals surface area (Å²) in [7, 11) is 0. The third-order valence-corrected chi connectivity index (χ3v) is 6.20. The van der Waals surface area contributed by atoms with Crippen molar-refractivity contribution >= 4 is 12.0 Å². The first-order chi connectivity index (χ1) is 13.4. The van der Waals surface area contributed by atoms with E-state index in [9.17, 15) is 9.59 Å². The molecule has 1 aromatic rings. The van der Waals surface area contributed by atoms with Crippen LogP contribution >= 0.6 is 0 Å². The van der Waals surface area contributed by atoms with E-state index < -0.39 is 11.7 Å². The fraction of sp³-hybridized carbons (Fsp3) is 0.652. The predicted octanol–water partition coefficient (Wildman–Crippen LogP) is 4.33. The maximum Gasteiger partial charge on any atom is 0.417 e. The van der Waals surface area contributed by atoms with Crippen LogP contribution in [0.25, 0.3) is 0 Å². The first kappa shape index (κ1) is 21.8. The monoisotopic (exact) mass is 402 g/mol. The van der Waals surface area contributed by atoms with Crippen LogP contribution in [0.4, 0.5) is 4.79 Å². The van der Waals surface area contributed by atoms with Crippen LogP contribution in [-0.2, 0) is 20.8 Å². The van der Waals surface area contributed by atoms with Crippen LogP contribution in [0.2, 0.25) is 0 Å². The molecule has 0 saturated carbocycles. The largest absolute Gasteiger partial charge is 0.441 e. The second-order valence-electron chi connectivity index (χ2n) is 9.99. The minimum atomic E-state index is -0.758. The minimum absolute atomic E-state index is 0.170. The maximum atomic E-state index is 13.1. The van der Waals surface area contributed by atoms with Crippen molar-refractivity contribution in [1.82, 2.24) is 9.96 Å². The van der Waals surface area contributed by atoms with E-state index in [2.05, 4.69) is 27.7 Å². The van der Waals surface area contributed by atoms with E-state index in [-0.39, 0.29) is 29.6 Å². The number of imide groups is 1. The zero-order valence-electron chi connectivity index (χ0n) is 18.5. The second kappa shape index (κ2) is 7.73. The molecule has 2 aliphatic heterocycles. The molecule has 1 atom stereocenters. The average Bonchev–Trinajstić information content (AvgIpc) is 2.82. The first-order valence-electron chi connectivity index (χ1n) is 10.5. The number of ether oxygens (including phenoxy) is 1. The molecule has 0 N–H and O–H groups in total. The number of carbonyl (C=O) groups excluding carboxylic acids is 2. The van der Waals surface area contributed by atoms with Gasteiger partial charge < -0.3 is 4.74 Å². The Hall–Kier alpha value is -1.92. The number of hydrogen-bond donors (Lipinski definition) is 0. The Morgan fingerprint density at radius 2 is 1.66 bits per heavy atom. The summed E-state index contributed by atoms with van der Waals surface area (Å²) in [6.07, 6.45) is 3.08. The van der Waals surface area contributed by atoms with Crippen LogP contribution in [0.15, 0.2) is 30.3 Å². The van der Waals surface area contributed by atoms with E-state index >= 15 is 0 Å². The van der Waals surface area contributed by atoms with Gasteiger partial charge in [0.25, 0.3) is 5.91 Å².